The number of thioether (sulfide) groups is 1. The molecule has 0 saturated carbocycles. The maximum absolute atomic E-state index is 11.9. The second kappa shape index (κ2) is 6.24. The van der Waals surface area contributed by atoms with Crippen LogP contribution in [0.4, 0.5) is 5.69 Å². The van der Waals surface area contributed by atoms with Crippen molar-refractivity contribution in [1.82, 2.24) is 10.3 Å². The molecule has 2 heterocycles. The molecule has 6 heteroatoms. The molecule has 0 spiro atoms. The molecule has 2 aromatic rings. The third-order valence-corrected chi connectivity index (χ3v) is 4.15. The SMILES string of the molecule is O=C1NC(=Nc2ccc(Br)cc2)S/C1=C\c1ccncc1. The highest BCUT2D eigenvalue weighted by atomic mass is 79.9. The highest BCUT2D eigenvalue weighted by Crippen LogP contribution is 2.28. The normalized spacial score (nSPS) is 18.2. The number of amides is 1. The minimum atomic E-state index is -0.132. The summed E-state index contributed by atoms with van der Waals surface area (Å²) in [6.45, 7) is 0. The van der Waals surface area contributed by atoms with E-state index >= 15 is 0 Å². The Labute approximate surface area is 134 Å². The van der Waals surface area contributed by atoms with Crippen molar-refractivity contribution in [2.75, 3.05) is 0 Å². The van der Waals surface area contributed by atoms with Crippen LogP contribution in [0, 0.1) is 0 Å². The van der Waals surface area contributed by atoms with Gasteiger partial charge in [0.15, 0.2) is 5.17 Å². The molecule has 0 aliphatic carbocycles. The van der Waals surface area contributed by atoms with E-state index in [1.54, 1.807) is 12.4 Å². The fraction of sp³-hybridized carbons (Fsp3) is 0. The Balaban J connectivity index is 1.81. The topological polar surface area (TPSA) is 54.4 Å². The Morgan fingerprint density at radius 1 is 1.14 bits per heavy atom. The fourth-order valence-corrected chi connectivity index (χ4v) is 2.83. The van der Waals surface area contributed by atoms with Gasteiger partial charge in [-0.3, -0.25) is 9.78 Å². The number of nitrogens with one attached hydrogen (secondary N) is 1. The number of carbonyl (C=O) groups is 1. The summed E-state index contributed by atoms with van der Waals surface area (Å²) >= 11 is 4.71. The van der Waals surface area contributed by atoms with Gasteiger partial charge >= 0.3 is 0 Å². The monoisotopic (exact) mass is 359 g/mol. The van der Waals surface area contributed by atoms with E-state index < -0.39 is 0 Å². The lowest BCUT2D eigenvalue weighted by Crippen LogP contribution is -2.19. The lowest BCUT2D eigenvalue weighted by molar-refractivity contribution is -0.115. The zero-order chi connectivity index (χ0) is 14.7. The summed E-state index contributed by atoms with van der Waals surface area (Å²) in [6, 6.07) is 11.3. The van der Waals surface area contributed by atoms with Gasteiger partial charge in [-0.1, -0.05) is 15.9 Å². The van der Waals surface area contributed by atoms with Crippen molar-refractivity contribution in [2.45, 2.75) is 0 Å². The van der Waals surface area contributed by atoms with Crippen LogP contribution in [0.1, 0.15) is 5.56 Å². The number of hydrogen-bond donors (Lipinski definition) is 1. The van der Waals surface area contributed by atoms with Crippen LogP contribution in [0.2, 0.25) is 0 Å². The van der Waals surface area contributed by atoms with Crippen LogP contribution in [-0.2, 0) is 4.79 Å². The predicted octanol–water partition coefficient (Wildman–Crippen LogP) is 3.74. The van der Waals surface area contributed by atoms with E-state index in [2.05, 4.69) is 31.2 Å². The summed E-state index contributed by atoms with van der Waals surface area (Å²) in [5, 5.41) is 3.35. The standard InChI is InChI=1S/C15H10BrN3OS/c16-11-1-3-12(4-2-11)18-15-19-14(20)13(21-15)9-10-5-7-17-8-6-10/h1-9H,(H,18,19,20)/b13-9-. The summed E-state index contributed by atoms with van der Waals surface area (Å²) in [4.78, 5) is 20.9. The van der Waals surface area contributed by atoms with E-state index in [4.69, 9.17) is 0 Å². The molecule has 1 aromatic heterocycles. The first-order valence-corrected chi connectivity index (χ1v) is 7.77. The number of rotatable bonds is 2. The van der Waals surface area contributed by atoms with Gasteiger partial charge in [-0.2, -0.15) is 0 Å². The number of aromatic nitrogens is 1. The van der Waals surface area contributed by atoms with Gasteiger partial charge in [0.25, 0.3) is 5.91 Å². The van der Waals surface area contributed by atoms with Crippen molar-refractivity contribution in [1.29, 1.82) is 0 Å². The van der Waals surface area contributed by atoms with Gasteiger partial charge in [0.1, 0.15) is 0 Å². The van der Waals surface area contributed by atoms with Crippen molar-refractivity contribution in [3.05, 3.63) is 63.7 Å². The maximum Gasteiger partial charge on any atom is 0.264 e. The van der Waals surface area contributed by atoms with Crippen LogP contribution in [0.5, 0.6) is 0 Å². The Morgan fingerprint density at radius 3 is 2.57 bits per heavy atom. The molecular weight excluding hydrogens is 350 g/mol. The molecule has 3 rings (SSSR count). The number of aliphatic imine (C=N–C) groups is 1. The molecule has 104 valence electrons. The first-order valence-electron chi connectivity index (χ1n) is 6.16. The van der Waals surface area contributed by atoms with Crippen LogP contribution in [0.15, 0.2) is 63.2 Å². The molecule has 1 N–H and O–H groups in total. The van der Waals surface area contributed by atoms with Gasteiger partial charge in [-0.05, 0) is 59.8 Å². The number of carbonyl (C=O) groups excluding carboxylic acids is 1. The number of hydrogen-bond acceptors (Lipinski definition) is 4. The van der Waals surface area contributed by atoms with Gasteiger partial charge in [-0.15, -0.1) is 0 Å². The van der Waals surface area contributed by atoms with Crippen LogP contribution >= 0.6 is 27.7 Å². The summed E-state index contributed by atoms with van der Waals surface area (Å²) in [6.07, 6.45) is 5.22. The van der Waals surface area contributed by atoms with E-state index in [0.29, 0.717) is 10.1 Å². The van der Waals surface area contributed by atoms with Gasteiger partial charge in [0.2, 0.25) is 0 Å². The number of nitrogens with zero attached hydrogens (tertiary/aromatic N) is 2. The first-order chi connectivity index (χ1) is 10.2. The summed E-state index contributed by atoms with van der Waals surface area (Å²) in [5.41, 5.74) is 1.73. The summed E-state index contributed by atoms with van der Waals surface area (Å²) in [5.74, 6) is -0.132. The van der Waals surface area contributed by atoms with Gasteiger partial charge in [0, 0.05) is 16.9 Å². The lowest BCUT2D eigenvalue weighted by atomic mass is 10.2. The largest absolute Gasteiger partial charge is 0.300 e. The van der Waals surface area contributed by atoms with Gasteiger partial charge in [0.05, 0.1) is 10.6 Å². The molecule has 1 amide bonds. The Hall–Kier alpha value is -1.92. The molecule has 1 aliphatic heterocycles. The number of benzene rings is 1. The molecule has 1 aliphatic rings. The smallest absolute Gasteiger partial charge is 0.264 e. The zero-order valence-electron chi connectivity index (χ0n) is 10.8. The lowest BCUT2D eigenvalue weighted by Gasteiger charge is -1.96. The Kier molecular flexibility index (Phi) is 4.17. The highest BCUT2D eigenvalue weighted by Gasteiger charge is 2.23. The number of halogens is 1. The summed E-state index contributed by atoms with van der Waals surface area (Å²) < 4.78 is 0.993. The van der Waals surface area contributed by atoms with E-state index in [0.717, 1.165) is 15.7 Å². The molecule has 21 heavy (non-hydrogen) atoms. The molecule has 0 bridgehead atoms. The van der Waals surface area contributed by atoms with Crippen LogP contribution in [0.3, 0.4) is 0 Å². The quantitative estimate of drug-likeness (QED) is 0.831. The molecule has 1 saturated heterocycles. The van der Waals surface area contributed by atoms with Crippen molar-refractivity contribution >= 4 is 50.5 Å². The zero-order valence-corrected chi connectivity index (χ0v) is 13.2. The molecule has 1 aromatic carbocycles. The predicted molar refractivity (Wildman–Crippen MR) is 89.2 cm³/mol. The molecule has 0 unspecified atom stereocenters. The van der Waals surface area contributed by atoms with Crippen LogP contribution in [0.25, 0.3) is 6.08 Å². The summed E-state index contributed by atoms with van der Waals surface area (Å²) in [7, 11) is 0. The van der Waals surface area contributed by atoms with Crippen molar-refractivity contribution in [3.63, 3.8) is 0 Å². The highest BCUT2D eigenvalue weighted by molar-refractivity contribution is 9.10. The Morgan fingerprint density at radius 2 is 1.86 bits per heavy atom. The third kappa shape index (κ3) is 3.59. The molecule has 4 nitrogen and oxygen atoms in total. The Bertz CT molecular complexity index is 726. The van der Waals surface area contributed by atoms with Crippen molar-refractivity contribution < 1.29 is 4.79 Å². The molecule has 1 fully saturated rings. The average Bonchev–Trinajstić information content (AvgIpc) is 2.82. The van der Waals surface area contributed by atoms with Gasteiger partial charge in [-0.25, -0.2) is 4.99 Å². The third-order valence-electron chi connectivity index (χ3n) is 2.71. The van der Waals surface area contributed by atoms with E-state index in [-0.39, 0.29) is 5.91 Å². The van der Waals surface area contributed by atoms with E-state index in [1.807, 2.05) is 42.5 Å². The molecule has 0 atom stereocenters. The first kappa shape index (κ1) is 14.0. The maximum atomic E-state index is 11.9. The minimum Gasteiger partial charge on any atom is -0.300 e. The fourth-order valence-electron chi connectivity index (χ4n) is 1.72. The van der Waals surface area contributed by atoms with Crippen LogP contribution < -0.4 is 5.32 Å². The molecule has 0 radical (unpaired) electrons. The average molecular weight is 360 g/mol. The second-order valence-corrected chi connectivity index (χ2v) is 6.19. The van der Waals surface area contributed by atoms with Crippen molar-refractivity contribution in [2.24, 2.45) is 4.99 Å². The van der Waals surface area contributed by atoms with E-state index in [1.165, 1.54) is 11.8 Å². The second-order valence-electron chi connectivity index (χ2n) is 4.24. The van der Waals surface area contributed by atoms with Gasteiger partial charge < -0.3 is 5.32 Å². The van der Waals surface area contributed by atoms with E-state index in [9.17, 15) is 4.79 Å². The minimum absolute atomic E-state index is 0.132. The van der Waals surface area contributed by atoms with Crippen LogP contribution in [-0.4, -0.2) is 16.1 Å². The molecular formula is C15H10BrN3OS. The van der Waals surface area contributed by atoms with Crippen molar-refractivity contribution in [3.8, 4) is 0 Å². The number of pyridine rings is 1. The number of amidine groups is 1.